The van der Waals surface area contributed by atoms with E-state index in [0.29, 0.717) is 5.75 Å². The minimum absolute atomic E-state index is 0.696. The summed E-state index contributed by atoms with van der Waals surface area (Å²) < 4.78 is 10.7. The van der Waals surface area contributed by atoms with E-state index in [4.69, 9.17) is 14.5 Å². The van der Waals surface area contributed by atoms with Crippen LogP contribution in [0.15, 0.2) is 36.4 Å². The van der Waals surface area contributed by atoms with Crippen molar-refractivity contribution >= 4 is 10.9 Å². The van der Waals surface area contributed by atoms with Gasteiger partial charge < -0.3 is 9.47 Å². The van der Waals surface area contributed by atoms with Crippen LogP contribution in [0, 0.1) is 20.8 Å². The summed E-state index contributed by atoms with van der Waals surface area (Å²) in [5, 5.41) is 1.04. The zero-order valence-corrected chi connectivity index (χ0v) is 14.2. The Hall–Kier alpha value is -2.55. The summed E-state index contributed by atoms with van der Waals surface area (Å²) in [5.74, 6) is 1.42. The molecule has 0 amide bonds. The highest BCUT2D eigenvalue weighted by molar-refractivity contribution is 5.85. The van der Waals surface area contributed by atoms with Gasteiger partial charge in [-0.05, 0) is 55.7 Å². The van der Waals surface area contributed by atoms with Crippen LogP contribution in [-0.4, -0.2) is 19.2 Å². The molecule has 0 atom stereocenters. The maximum atomic E-state index is 5.38. The van der Waals surface area contributed by atoms with Gasteiger partial charge in [0.1, 0.15) is 0 Å². The number of hydrogen-bond acceptors (Lipinski definition) is 3. The van der Waals surface area contributed by atoms with Crippen molar-refractivity contribution in [1.29, 1.82) is 0 Å². The summed E-state index contributed by atoms with van der Waals surface area (Å²) in [7, 11) is 3.28. The maximum absolute atomic E-state index is 5.38. The fourth-order valence-electron chi connectivity index (χ4n) is 2.84. The van der Waals surface area contributed by atoms with E-state index < -0.39 is 0 Å². The van der Waals surface area contributed by atoms with Gasteiger partial charge in [-0.25, -0.2) is 4.98 Å². The standard InChI is InChI=1S/C20H21NO2/c1-12-8-14(3)16(9-13(12)2)17-7-6-15-10-19(22-4)20(23-5)11-18(15)21-17/h6-11H,1-5H3. The molecule has 0 bridgehead atoms. The van der Waals surface area contributed by atoms with Crippen LogP contribution >= 0.6 is 0 Å². The molecular formula is C20H21NO2. The summed E-state index contributed by atoms with van der Waals surface area (Å²) in [6.45, 7) is 6.40. The molecule has 3 aromatic rings. The van der Waals surface area contributed by atoms with Crippen LogP contribution in [0.5, 0.6) is 11.5 Å². The number of pyridine rings is 1. The molecule has 3 nitrogen and oxygen atoms in total. The van der Waals surface area contributed by atoms with E-state index in [1.165, 1.54) is 22.3 Å². The summed E-state index contributed by atoms with van der Waals surface area (Å²) in [6, 6.07) is 12.4. The average Bonchev–Trinajstić information content (AvgIpc) is 2.56. The van der Waals surface area contributed by atoms with Crippen molar-refractivity contribution in [2.45, 2.75) is 20.8 Å². The van der Waals surface area contributed by atoms with E-state index in [-0.39, 0.29) is 0 Å². The molecule has 0 radical (unpaired) electrons. The smallest absolute Gasteiger partial charge is 0.162 e. The summed E-state index contributed by atoms with van der Waals surface area (Å²) in [5.41, 5.74) is 6.87. The van der Waals surface area contributed by atoms with Crippen LogP contribution in [0.3, 0.4) is 0 Å². The van der Waals surface area contributed by atoms with Crippen molar-refractivity contribution in [2.24, 2.45) is 0 Å². The Morgan fingerprint density at radius 2 is 1.39 bits per heavy atom. The van der Waals surface area contributed by atoms with Crippen molar-refractivity contribution in [3.8, 4) is 22.8 Å². The van der Waals surface area contributed by atoms with Crippen molar-refractivity contribution < 1.29 is 9.47 Å². The molecule has 0 aliphatic carbocycles. The molecule has 0 saturated carbocycles. The monoisotopic (exact) mass is 307 g/mol. The number of hydrogen-bond donors (Lipinski definition) is 0. The van der Waals surface area contributed by atoms with Gasteiger partial charge in [0.15, 0.2) is 11.5 Å². The molecule has 1 aromatic heterocycles. The molecule has 3 heteroatoms. The highest BCUT2D eigenvalue weighted by Crippen LogP contribution is 2.33. The SMILES string of the molecule is COc1cc2ccc(-c3cc(C)c(C)cc3C)nc2cc1OC. The second kappa shape index (κ2) is 5.92. The lowest BCUT2D eigenvalue weighted by Gasteiger charge is -2.12. The molecule has 118 valence electrons. The Labute approximate surface area is 136 Å². The van der Waals surface area contributed by atoms with Gasteiger partial charge in [-0.15, -0.1) is 0 Å². The second-order valence-corrected chi connectivity index (χ2v) is 5.85. The fraction of sp³-hybridized carbons (Fsp3) is 0.250. The van der Waals surface area contributed by atoms with Crippen LogP contribution in [0.1, 0.15) is 16.7 Å². The zero-order valence-electron chi connectivity index (χ0n) is 14.2. The van der Waals surface area contributed by atoms with Crippen molar-refractivity contribution in [1.82, 2.24) is 4.98 Å². The third kappa shape index (κ3) is 2.74. The van der Waals surface area contributed by atoms with Gasteiger partial charge in [0.05, 0.1) is 25.4 Å². The molecule has 1 heterocycles. The Balaban J connectivity index is 2.18. The number of fused-ring (bicyclic) bond motifs is 1. The highest BCUT2D eigenvalue weighted by atomic mass is 16.5. The summed E-state index contributed by atoms with van der Waals surface area (Å²) >= 11 is 0. The van der Waals surface area contributed by atoms with Gasteiger partial charge in [-0.1, -0.05) is 12.1 Å². The Morgan fingerprint density at radius 1 is 0.739 bits per heavy atom. The molecule has 0 fully saturated rings. The fourth-order valence-corrected chi connectivity index (χ4v) is 2.84. The average molecular weight is 307 g/mol. The van der Waals surface area contributed by atoms with Crippen LogP contribution < -0.4 is 9.47 Å². The van der Waals surface area contributed by atoms with Crippen LogP contribution in [-0.2, 0) is 0 Å². The Kier molecular flexibility index (Phi) is 3.95. The largest absolute Gasteiger partial charge is 0.493 e. The topological polar surface area (TPSA) is 31.4 Å². The van der Waals surface area contributed by atoms with Gasteiger partial charge >= 0.3 is 0 Å². The molecule has 0 saturated heterocycles. The quantitative estimate of drug-likeness (QED) is 0.693. The lowest BCUT2D eigenvalue weighted by Crippen LogP contribution is -1.94. The lowest BCUT2D eigenvalue weighted by molar-refractivity contribution is 0.356. The van der Waals surface area contributed by atoms with E-state index >= 15 is 0 Å². The number of aromatic nitrogens is 1. The normalized spacial score (nSPS) is 10.8. The van der Waals surface area contributed by atoms with E-state index in [1.54, 1.807) is 14.2 Å². The van der Waals surface area contributed by atoms with E-state index in [2.05, 4.69) is 45.0 Å². The molecule has 0 unspecified atom stereocenters. The highest BCUT2D eigenvalue weighted by Gasteiger charge is 2.10. The lowest BCUT2D eigenvalue weighted by atomic mass is 9.98. The molecule has 0 aliphatic rings. The number of benzene rings is 2. The number of nitrogens with zero attached hydrogens (tertiary/aromatic N) is 1. The minimum atomic E-state index is 0.696. The molecule has 0 N–H and O–H groups in total. The first kappa shape index (κ1) is 15.3. The third-order valence-corrected chi connectivity index (χ3v) is 4.31. The maximum Gasteiger partial charge on any atom is 0.162 e. The second-order valence-electron chi connectivity index (χ2n) is 5.85. The molecule has 3 rings (SSSR count). The van der Waals surface area contributed by atoms with Gasteiger partial charge in [0.25, 0.3) is 0 Å². The van der Waals surface area contributed by atoms with Gasteiger partial charge in [-0.3, -0.25) is 0 Å². The molecule has 23 heavy (non-hydrogen) atoms. The third-order valence-electron chi connectivity index (χ3n) is 4.31. The van der Waals surface area contributed by atoms with Crippen LogP contribution in [0.2, 0.25) is 0 Å². The van der Waals surface area contributed by atoms with Crippen LogP contribution in [0.25, 0.3) is 22.2 Å². The van der Waals surface area contributed by atoms with E-state index in [0.717, 1.165) is 22.3 Å². The first-order valence-corrected chi connectivity index (χ1v) is 7.64. The first-order chi connectivity index (χ1) is 11.0. The zero-order chi connectivity index (χ0) is 16.6. The van der Waals surface area contributed by atoms with Crippen molar-refractivity contribution in [2.75, 3.05) is 14.2 Å². The Morgan fingerprint density at radius 3 is 2.09 bits per heavy atom. The van der Waals surface area contributed by atoms with Crippen molar-refractivity contribution in [3.05, 3.63) is 53.1 Å². The number of methoxy groups -OCH3 is 2. The van der Waals surface area contributed by atoms with Gasteiger partial charge in [0, 0.05) is 17.0 Å². The molecular weight excluding hydrogens is 286 g/mol. The summed E-state index contributed by atoms with van der Waals surface area (Å²) in [4.78, 5) is 4.83. The molecule has 2 aromatic carbocycles. The first-order valence-electron chi connectivity index (χ1n) is 7.64. The van der Waals surface area contributed by atoms with Crippen molar-refractivity contribution in [3.63, 3.8) is 0 Å². The Bertz CT molecular complexity index is 884. The minimum Gasteiger partial charge on any atom is -0.493 e. The van der Waals surface area contributed by atoms with E-state index in [9.17, 15) is 0 Å². The number of rotatable bonds is 3. The molecule has 0 spiro atoms. The predicted molar refractivity (Wildman–Crippen MR) is 94.5 cm³/mol. The number of ether oxygens (including phenoxy) is 2. The summed E-state index contributed by atoms with van der Waals surface area (Å²) in [6.07, 6.45) is 0. The number of aryl methyl sites for hydroxylation is 3. The van der Waals surface area contributed by atoms with E-state index in [1.807, 2.05) is 12.1 Å². The predicted octanol–water partition coefficient (Wildman–Crippen LogP) is 4.84. The van der Waals surface area contributed by atoms with Gasteiger partial charge in [-0.2, -0.15) is 0 Å². The van der Waals surface area contributed by atoms with Gasteiger partial charge in [0.2, 0.25) is 0 Å². The van der Waals surface area contributed by atoms with Crippen LogP contribution in [0.4, 0.5) is 0 Å². The molecule has 0 aliphatic heterocycles.